The number of hydrogen-bond acceptors (Lipinski definition) is 3. The molecule has 2 aliphatic heterocycles. The average Bonchev–Trinajstić information content (AvgIpc) is 3.11. The van der Waals surface area contributed by atoms with Crippen LogP contribution in [0.2, 0.25) is 0 Å². The van der Waals surface area contributed by atoms with E-state index >= 15 is 0 Å². The molecule has 2 N–H and O–H groups in total. The zero-order valence-electron chi connectivity index (χ0n) is 14.8. The number of fused-ring (bicyclic) bond motifs is 3. The Bertz CT molecular complexity index is 598. The van der Waals surface area contributed by atoms with E-state index in [2.05, 4.69) is 34.3 Å². The highest BCUT2D eigenvalue weighted by atomic mass is 16.2. The Balaban J connectivity index is 1.43. The maximum atomic E-state index is 12.9. The van der Waals surface area contributed by atoms with Crippen LogP contribution in [0.4, 0.5) is 4.79 Å². The number of likely N-dealkylation sites (tertiary alicyclic amines) is 1. The van der Waals surface area contributed by atoms with E-state index in [-0.39, 0.29) is 12.1 Å². The minimum Gasteiger partial charge on any atom is -0.330 e. The second kappa shape index (κ2) is 6.39. The Morgan fingerprint density at radius 2 is 2.12 bits per heavy atom. The molecule has 3 unspecified atom stereocenters. The molecule has 6 heteroatoms. The van der Waals surface area contributed by atoms with Crippen molar-refractivity contribution in [3.63, 3.8) is 0 Å². The van der Waals surface area contributed by atoms with Crippen molar-refractivity contribution in [1.82, 2.24) is 25.3 Å². The van der Waals surface area contributed by atoms with E-state index in [4.69, 9.17) is 0 Å². The second-order valence-electron chi connectivity index (χ2n) is 7.86. The number of nitrogens with one attached hydrogen (secondary N) is 2. The largest absolute Gasteiger partial charge is 0.330 e. The smallest absolute Gasteiger partial charge is 0.317 e. The summed E-state index contributed by atoms with van der Waals surface area (Å²) in [6.07, 6.45) is 8.69. The van der Waals surface area contributed by atoms with Gasteiger partial charge in [-0.05, 0) is 57.9 Å². The van der Waals surface area contributed by atoms with Gasteiger partial charge in [-0.25, -0.2) is 4.79 Å². The summed E-state index contributed by atoms with van der Waals surface area (Å²) in [6.45, 7) is 6.30. The molecular formula is C18H29N5O. The normalized spacial score (nSPS) is 30.3. The quantitative estimate of drug-likeness (QED) is 0.875. The molecule has 4 rings (SSSR count). The van der Waals surface area contributed by atoms with Gasteiger partial charge in [0.1, 0.15) is 0 Å². The molecule has 2 amide bonds. The molecule has 132 valence electrons. The van der Waals surface area contributed by atoms with Crippen molar-refractivity contribution in [2.75, 3.05) is 13.1 Å². The molecule has 0 saturated carbocycles. The number of aryl methyl sites for hydroxylation is 1. The molecule has 3 aliphatic rings. The number of hydrogen-bond donors (Lipinski definition) is 2. The van der Waals surface area contributed by atoms with Crippen molar-refractivity contribution in [3.05, 3.63) is 17.5 Å². The third-order valence-electron chi connectivity index (χ3n) is 6.06. The Morgan fingerprint density at radius 3 is 2.96 bits per heavy atom. The zero-order valence-corrected chi connectivity index (χ0v) is 14.8. The van der Waals surface area contributed by atoms with Crippen molar-refractivity contribution in [1.29, 1.82) is 0 Å². The van der Waals surface area contributed by atoms with Crippen LogP contribution in [0.3, 0.4) is 0 Å². The molecule has 0 aromatic carbocycles. The molecule has 2 fully saturated rings. The van der Waals surface area contributed by atoms with Crippen molar-refractivity contribution in [3.8, 4) is 0 Å². The molecule has 6 nitrogen and oxygen atoms in total. The van der Waals surface area contributed by atoms with Gasteiger partial charge in [-0.2, -0.15) is 5.10 Å². The van der Waals surface area contributed by atoms with Crippen LogP contribution in [0.1, 0.15) is 63.3 Å². The third kappa shape index (κ3) is 2.81. The van der Waals surface area contributed by atoms with E-state index in [0.717, 1.165) is 44.5 Å². The number of carbonyl (C=O) groups excluding carboxylic acids is 1. The first kappa shape index (κ1) is 15.9. The molecule has 1 aromatic rings. The van der Waals surface area contributed by atoms with Gasteiger partial charge in [-0.15, -0.1) is 0 Å². The first-order valence-corrected chi connectivity index (χ1v) is 9.48. The molecule has 0 radical (unpaired) electrons. The Morgan fingerprint density at radius 1 is 1.29 bits per heavy atom. The highest BCUT2D eigenvalue weighted by Crippen LogP contribution is 2.32. The fourth-order valence-electron chi connectivity index (χ4n) is 4.99. The fourth-order valence-corrected chi connectivity index (χ4v) is 4.99. The van der Waals surface area contributed by atoms with Gasteiger partial charge >= 0.3 is 6.03 Å². The molecule has 24 heavy (non-hydrogen) atoms. The van der Waals surface area contributed by atoms with E-state index in [1.807, 2.05) is 11.1 Å². The van der Waals surface area contributed by atoms with Crippen LogP contribution in [0.15, 0.2) is 6.20 Å². The van der Waals surface area contributed by atoms with E-state index in [0.29, 0.717) is 18.1 Å². The Kier molecular flexibility index (Phi) is 4.24. The lowest BCUT2D eigenvalue weighted by Gasteiger charge is -2.32. The van der Waals surface area contributed by atoms with Crippen LogP contribution in [-0.2, 0) is 6.42 Å². The number of amides is 2. The van der Waals surface area contributed by atoms with Crippen LogP contribution >= 0.6 is 0 Å². The first-order valence-electron chi connectivity index (χ1n) is 9.48. The van der Waals surface area contributed by atoms with Gasteiger partial charge in [0.15, 0.2) is 0 Å². The van der Waals surface area contributed by atoms with Crippen molar-refractivity contribution in [2.24, 2.45) is 0 Å². The van der Waals surface area contributed by atoms with E-state index in [1.165, 1.54) is 18.4 Å². The number of nitrogens with zero attached hydrogens (tertiary/aromatic N) is 3. The highest BCUT2D eigenvalue weighted by Gasteiger charge is 2.39. The van der Waals surface area contributed by atoms with E-state index in [1.54, 1.807) is 0 Å². The summed E-state index contributed by atoms with van der Waals surface area (Å²) in [4.78, 5) is 17.6. The molecular weight excluding hydrogens is 302 g/mol. The predicted molar refractivity (Wildman–Crippen MR) is 92.8 cm³/mol. The molecule has 1 aliphatic carbocycles. The maximum Gasteiger partial charge on any atom is 0.317 e. The van der Waals surface area contributed by atoms with Crippen molar-refractivity contribution in [2.45, 2.75) is 76.5 Å². The maximum absolute atomic E-state index is 12.9. The van der Waals surface area contributed by atoms with Gasteiger partial charge in [0.05, 0.1) is 17.9 Å². The molecule has 3 atom stereocenters. The van der Waals surface area contributed by atoms with Crippen LogP contribution < -0.4 is 5.32 Å². The summed E-state index contributed by atoms with van der Waals surface area (Å²) in [5.74, 6) is 0. The highest BCUT2D eigenvalue weighted by molar-refractivity contribution is 5.75. The summed E-state index contributed by atoms with van der Waals surface area (Å²) in [7, 11) is 0. The van der Waals surface area contributed by atoms with Crippen molar-refractivity contribution < 1.29 is 4.79 Å². The van der Waals surface area contributed by atoms with Crippen molar-refractivity contribution >= 4 is 6.03 Å². The summed E-state index contributed by atoms with van der Waals surface area (Å²) >= 11 is 0. The Labute approximate surface area is 144 Å². The molecule has 2 saturated heterocycles. The number of aromatic nitrogens is 2. The molecule has 1 aromatic heterocycles. The second-order valence-corrected chi connectivity index (χ2v) is 7.86. The summed E-state index contributed by atoms with van der Waals surface area (Å²) < 4.78 is 0. The molecule has 3 heterocycles. The lowest BCUT2D eigenvalue weighted by molar-refractivity contribution is 0.146. The van der Waals surface area contributed by atoms with Gasteiger partial charge in [-0.3, -0.25) is 10.00 Å². The number of H-pyrrole nitrogens is 1. The summed E-state index contributed by atoms with van der Waals surface area (Å²) in [5, 5.41) is 10.5. The van der Waals surface area contributed by atoms with Gasteiger partial charge in [0, 0.05) is 31.2 Å². The SMILES string of the molecule is CC(C)N1C2CCC1CN(C(=O)NC1CCCc3cn[nH]c31)CC2. The average molecular weight is 331 g/mol. The Hall–Kier alpha value is -1.56. The van der Waals surface area contributed by atoms with E-state index < -0.39 is 0 Å². The number of urea groups is 1. The standard InChI is InChI=1S/C18H29N5O/c1-12(2)23-14-6-7-15(23)11-22(9-8-14)18(24)20-16-5-3-4-13-10-19-21-17(13)16/h10,12,14-16H,3-9,11H2,1-2H3,(H,19,21)(H,20,24). The number of aromatic amines is 1. The van der Waals surface area contributed by atoms with Crippen LogP contribution in [0, 0.1) is 0 Å². The summed E-state index contributed by atoms with van der Waals surface area (Å²) in [5.41, 5.74) is 2.36. The molecule has 0 spiro atoms. The monoisotopic (exact) mass is 331 g/mol. The minimum absolute atomic E-state index is 0.0883. The first-order chi connectivity index (χ1) is 11.6. The van der Waals surface area contributed by atoms with Gasteiger partial charge in [-0.1, -0.05) is 0 Å². The van der Waals surface area contributed by atoms with Gasteiger partial charge in [0.2, 0.25) is 0 Å². The van der Waals surface area contributed by atoms with E-state index in [9.17, 15) is 4.79 Å². The summed E-state index contributed by atoms with van der Waals surface area (Å²) in [6, 6.07) is 1.93. The number of rotatable bonds is 2. The predicted octanol–water partition coefficient (Wildman–Crippen LogP) is 2.44. The van der Waals surface area contributed by atoms with Crippen LogP contribution in [0.25, 0.3) is 0 Å². The number of carbonyl (C=O) groups is 1. The third-order valence-corrected chi connectivity index (χ3v) is 6.06. The lowest BCUT2D eigenvalue weighted by Crippen LogP contribution is -2.47. The zero-order chi connectivity index (χ0) is 16.7. The van der Waals surface area contributed by atoms with Gasteiger partial charge in [0.25, 0.3) is 0 Å². The van der Waals surface area contributed by atoms with Crippen LogP contribution in [-0.4, -0.2) is 57.2 Å². The molecule has 2 bridgehead atoms. The minimum atomic E-state index is 0.0883. The fraction of sp³-hybridized carbons (Fsp3) is 0.778. The topological polar surface area (TPSA) is 64.3 Å². The lowest BCUT2D eigenvalue weighted by atomic mass is 9.94. The van der Waals surface area contributed by atoms with Gasteiger partial charge < -0.3 is 10.2 Å². The van der Waals surface area contributed by atoms with Crippen LogP contribution in [0.5, 0.6) is 0 Å².